The number of aliphatic hydroxyl groups is 5. The highest BCUT2D eigenvalue weighted by molar-refractivity contribution is 7.47. The Morgan fingerprint density at radius 2 is 0.529 bits per heavy atom. The summed E-state index contributed by atoms with van der Waals surface area (Å²) < 4.78 is 34.0. The first-order chi connectivity index (χ1) is 41.4. The van der Waals surface area contributed by atoms with E-state index in [1.54, 1.807) is 0 Å². The van der Waals surface area contributed by atoms with Crippen LogP contribution in [0.25, 0.3) is 0 Å². The molecule has 6 unspecified atom stereocenters. The van der Waals surface area contributed by atoms with Crippen LogP contribution >= 0.6 is 7.82 Å². The number of aliphatic hydroxyl groups excluding tert-OH is 5. The van der Waals surface area contributed by atoms with Crippen molar-refractivity contribution in [3.8, 4) is 0 Å². The number of carbonyl (C=O) groups is 2. The van der Waals surface area contributed by atoms with Crippen LogP contribution in [0.15, 0.2) is 0 Å². The molecular formula is C71H139O13P. The number of phosphoric acid groups is 1. The van der Waals surface area contributed by atoms with Crippen molar-refractivity contribution in [2.24, 2.45) is 0 Å². The molecule has 506 valence electrons. The largest absolute Gasteiger partial charge is 0.472 e. The molecule has 0 heterocycles. The lowest BCUT2D eigenvalue weighted by Gasteiger charge is -2.41. The highest BCUT2D eigenvalue weighted by Gasteiger charge is 2.51. The predicted octanol–water partition coefficient (Wildman–Crippen LogP) is 19.4. The van der Waals surface area contributed by atoms with Crippen LogP contribution in [-0.2, 0) is 32.7 Å². The van der Waals surface area contributed by atoms with Crippen LogP contribution in [0, 0.1) is 0 Å². The van der Waals surface area contributed by atoms with Gasteiger partial charge < -0.3 is 39.9 Å². The van der Waals surface area contributed by atoms with Gasteiger partial charge in [0.15, 0.2) is 6.10 Å². The van der Waals surface area contributed by atoms with Crippen LogP contribution in [-0.4, -0.2) is 98.3 Å². The lowest BCUT2D eigenvalue weighted by molar-refractivity contribution is -0.220. The Morgan fingerprint density at radius 3 is 0.776 bits per heavy atom. The molecule has 0 aromatic rings. The SMILES string of the molecule is CCCCCCCCCCCCCCCCCCCCCCCCCCCCCCC(=O)OC[C@H](COP(=O)(O)OC1C(O)C(O)C(O)[C@@H](O)C1O)OC(=O)CCCCCCCCCCCCCCCCCCCCCCCCCCCCCC. The van der Waals surface area contributed by atoms with E-state index in [-0.39, 0.29) is 12.8 Å². The number of esters is 2. The average Bonchev–Trinajstić information content (AvgIpc) is 3.65. The molecule has 1 aliphatic rings. The maximum Gasteiger partial charge on any atom is 0.472 e. The van der Waals surface area contributed by atoms with Crippen molar-refractivity contribution < 1.29 is 63.1 Å². The summed E-state index contributed by atoms with van der Waals surface area (Å²) in [6.07, 6.45) is 60.4. The van der Waals surface area contributed by atoms with E-state index in [2.05, 4.69) is 13.8 Å². The number of rotatable bonds is 66. The standard InChI is InChI=1S/C71H139O13P/c1-3-5-7-9-11-13-15-17-19-21-23-25-27-29-31-33-35-37-39-41-43-45-47-49-51-53-55-57-59-64(72)81-61-63(62-82-85(79,80)84-71-69(77)67(75)66(74)68(76)70(71)78)83-65(73)60-58-56-54-52-50-48-46-44-42-40-38-36-34-32-30-28-26-24-22-20-18-16-14-12-10-8-6-4-2/h63,66-71,74-78H,3-62H2,1-2H3,(H,79,80)/t63-,66?,67-,68?,69?,70?,71?/m1/s1. The van der Waals surface area contributed by atoms with Gasteiger partial charge in [0, 0.05) is 12.8 Å². The Labute approximate surface area is 522 Å². The van der Waals surface area contributed by atoms with Gasteiger partial charge in [0.25, 0.3) is 0 Å². The molecule has 0 aromatic heterocycles. The van der Waals surface area contributed by atoms with Gasteiger partial charge in [-0.1, -0.05) is 361 Å². The number of hydrogen-bond acceptors (Lipinski definition) is 12. The second kappa shape index (κ2) is 60.4. The van der Waals surface area contributed by atoms with E-state index in [0.717, 1.165) is 38.5 Å². The first kappa shape index (κ1) is 81.9. The Hall–Kier alpha value is -1.15. The first-order valence-electron chi connectivity index (χ1n) is 36.8. The lowest BCUT2D eigenvalue weighted by Crippen LogP contribution is -2.64. The van der Waals surface area contributed by atoms with E-state index >= 15 is 0 Å². The molecule has 0 aromatic carbocycles. The minimum absolute atomic E-state index is 0.107. The van der Waals surface area contributed by atoms with Gasteiger partial charge in [0.1, 0.15) is 43.2 Å². The van der Waals surface area contributed by atoms with Crippen molar-refractivity contribution in [3.05, 3.63) is 0 Å². The van der Waals surface area contributed by atoms with E-state index in [0.29, 0.717) is 12.8 Å². The van der Waals surface area contributed by atoms with Crippen LogP contribution in [0.5, 0.6) is 0 Å². The first-order valence-corrected chi connectivity index (χ1v) is 38.3. The molecule has 0 aliphatic heterocycles. The van der Waals surface area contributed by atoms with E-state index in [1.165, 1.54) is 308 Å². The number of unbranched alkanes of at least 4 members (excludes halogenated alkanes) is 54. The molecule has 0 bridgehead atoms. The number of hydrogen-bond donors (Lipinski definition) is 6. The minimum atomic E-state index is -5.13. The molecule has 0 spiro atoms. The van der Waals surface area contributed by atoms with Crippen LogP contribution < -0.4 is 0 Å². The Bertz CT molecular complexity index is 1470. The number of ether oxygens (including phenoxy) is 2. The highest BCUT2D eigenvalue weighted by Crippen LogP contribution is 2.47. The van der Waals surface area contributed by atoms with Crippen molar-refractivity contribution in [1.82, 2.24) is 0 Å². The Kier molecular flexibility index (Phi) is 58.2. The molecule has 8 atom stereocenters. The normalized spacial score (nSPS) is 19.1. The topological polar surface area (TPSA) is 210 Å². The minimum Gasteiger partial charge on any atom is -0.462 e. The van der Waals surface area contributed by atoms with E-state index < -0.39 is 75.7 Å². The van der Waals surface area contributed by atoms with Crippen LogP contribution in [0.3, 0.4) is 0 Å². The number of carbonyl (C=O) groups excluding carboxylic acids is 2. The molecule has 1 saturated carbocycles. The molecule has 13 nitrogen and oxygen atoms in total. The third-order valence-corrected chi connectivity index (χ3v) is 18.9. The van der Waals surface area contributed by atoms with Crippen LogP contribution in [0.1, 0.15) is 386 Å². The molecular weight excluding hydrogens is 1090 g/mol. The summed E-state index contributed by atoms with van der Waals surface area (Å²) >= 11 is 0. The van der Waals surface area contributed by atoms with Crippen molar-refractivity contribution >= 4 is 19.8 Å². The highest BCUT2D eigenvalue weighted by atomic mass is 31.2. The van der Waals surface area contributed by atoms with Gasteiger partial charge in [-0.15, -0.1) is 0 Å². The fourth-order valence-corrected chi connectivity index (χ4v) is 13.2. The summed E-state index contributed by atoms with van der Waals surface area (Å²) in [6.45, 7) is 3.42. The van der Waals surface area contributed by atoms with Gasteiger partial charge >= 0.3 is 19.8 Å². The summed E-state index contributed by atoms with van der Waals surface area (Å²) in [5.41, 5.74) is 0. The molecule has 85 heavy (non-hydrogen) atoms. The predicted molar refractivity (Wildman–Crippen MR) is 351 cm³/mol. The number of phosphoric ester groups is 1. The molecule has 1 fully saturated rings. The Balaban J connectivity index is 2.18. The summed E-state index contributed by atoms with van der Waals surface area (Å²) in [6, 6.07) is 0. The molecule has 0 radical (unpaired) electrons. The van der Waals surface area contributed by atoms with E-state index in [1.807, 2.05) is 0 Å². The molecule has 1 rings (SSSR count). The smallest absolute Gasteiger partial charge is 0.462 e. The van der Waals surface area contributed by atoms with Gasteiger partial charge in [-0.3, -0.25) is 18.6 Å². The third-order valence-electron chi connectivity index (χ3n) is 17.9. The van der Waals surface area contributed by atoms with Crippen LogP contribution in [0.4, 0.5) is 0 Å². The molecule has 1 aliphatic carbocycles. The Morgan fingerprint density at radius 1 is 0.318 bits per heavy atom. The van der Waals surface area contributed by atoms with Crippen molar-refractivity contribution in [3.63, 3.8) is 0 Å². The molecule has 0 amide bonds. The van der Waals surface area contributed by atoms with Crippen molar-refractivity contribution in [2.75, 3.05) is 13.2 Å². The molecule has 6 N–H and O–H groups in total. The van der Waals surface area contributed by atoms with E-state index in [9.17, 15) is 44.6 Å². The average molecular weight is 1230 g/mol. The fraction of sp³-hybridized carbons (Fsp3) is 0.972. The van der Waals surface area contributed by atoms with Gasteiger partial charge in [-0.25, -0.2) is 4.57 Å². The summed E-state index contributed by atoms with van der Waals surface area (Å²) in [5, 5.41) is 50.6. The zero-order valence-electron chi connectivity index (χ0n) is 55.5. The zero-order chi connectivity index (χ0) is 62.0. The van der Waals surface area contributed by atoms with Crippen molar-refractivity contribution in [2.45, 2.75) is 429 Å². The summed E-state index contributed by atoms with van der Waals surface area (Å²) in [5.74, 6) is -1.07. The lowest BCUT2D eigenvalue weighted by atomic mass is 9.85. The van der Waals surface area contributed by atoms with Gasteiger partial charge in [0.05, 0.1) is 6.61 Å². The quantitative estimate of drug-likeness (QED) is 0.0190. The monoisotopic (exact) mass is 1230 g/mol. The second-order valence-corrected chi connectivity index (χ2v) is 27.6. The molecule has 0 saturated heterocycles. The van der Waals surface area contributed by atoms with Gasteiger partial charge in [-0.2, -0.15) is 0 Å². The second-order valence-electron chi connectivity index (χ2n) is 26.2. The summed E-state index contributed by atoms with van der Waals surface area (Å²) in [7, 11) is -5.13. The maximum atomic E-state index is 13.0. The van der Waals surface area contributed by atoms with Gasteiger partial charge in [0.2, 0.25) is 0 Å². The van der Waals surface area contributed by atoms with Gasteiger partial charge in [-0.05, 0) is 12.8 Å². The maximum absolute atomic E-state index is 13.0. The zero-order valence-corrected chi connectivity index (χ0v) is 56.4. The van der Waals surface area contributed by atoms with Crippen molar-refractivity contribution in [1.29, 1.82) is 0 Å². The van der Waals surface area contributed by atoms with E-state index in [4.69, 9.17) is 18.5 Å². The molecule has 14 heteroatoms. The third kappa shape index (κ3) is 51.2. The fourth-order valence-electron chi connectivity index (χ4n) is 12.2. The summed E-state index contributed by atoms with van der Waals surface area (Å²) in [4.78, 5) is 36.2. The van der Waals surface area contributed by atoms with Crippen LogP contribution in [0.2, 0.25) is 0 Å².